The predicted octanol–water partition coefficient (Wildman–Crippen LogP) is 4.47. The number of benzene rings is 2. The maximum Gasteiger partial charge on any atom is 0.242 e. The summed E-state index contributed by atoms with van der Waals surface area (Å²) >= 11 is 6.36. The molecule has 0 spiro atoms. The van der Waals surface area contributed by atoms with Crippen LogP contribution < -0.4 is 9.62 Å². The summed E-state index contributed by atoms with van der Waals surface area (Å²) in [6.45, 7) is 6.75. The number of anilines is 1. The van der Waals surface area contributed by atoms with Crippen molar-refractivity contribution < 1.29 is 18.0 Å². The molecule has 0 aromatic heterocycles. The number of sulfonamides is 1. The fourth-order valence-electron chi connectivity index (χ4n) is 3.75. The molecule has 0 bridgehead atoms. The number of para-hydroxylation sites is 1. The number of carbonyl (C=O) groups excluding carboxylic acids is 2. The van der Waals surface area contributed by atoms with Crippen LogP contribution in [-0.4, -0.2) is 50.5 Å². The van der Waals surface area contributed by atoms with Crippen LogP contribution in [0.3, 0.4) is 0 Å². The Bertz CT molecular complexity index is 1080. The predicted molar refractivity (Wildman–Crippen MR) is 142 cm³/mol. The summed E-state index contributed by atoms with van der Waals surface area (Å²) in [6.07, 6.45) is 2.00. The number of amides is 2. The molecule has 1 N–H and O–H groups in total. The van der Waals surface area contributed by atoms with E-state index in [0.717, 1.165) is 11.8 Å². The highest BCUT2D eigenvalue weighted by Crippen LogP contribution is 2.22. The van der Waals surface area contributed by atoms with Gasteiger partial charge in [0.25, 0.3) is 0 Å². The molecule has 0 fully saturated rings. The van der Waals surface area contributed by atoms with Gasteiger partial charge in [0.05, 0.1) is 11.9 Å². The first-order valence-electron chi connectivity index (χ1n) is 11.9. The minimum absolute atomic E-state index is 0.0945. The van der Waals surface area contributed by atoms with Crippen molar-refractivity contribution in [1.82, 2.24) is 10.2 Å². The van der Waals surface area contributed by atoms with E-state index in [1.807, 2.05) is 45.0 Å². The van der Waals surface area contributed by atoms with E-state index >= 15 is 0 Å². The van der Waals surface area contributed by atoms with Crippen molar-refractivity contribution in [1.29, 1.82) is 0 Å². The van der Waals surface area contributed by atoms with Crippen LogP contribution in [0.4, 0.5) is 5.69 Å². The molecule has 0 radical (unpaired) electrons. The Morgan fingerprint density at radius 3 is 2.23 bits per heavy atom. The number of hydrogen-bond donors (Lipinski definition) is 1. The molecule has 1 atom stereocenters. The summed E-state index contributed by atoms with van der Waals surface area (Å²) in [5, 5.41) is 3.45. The van der Waals surface area contributed by atoms with Gasteiger partial charge in [-0.15, -0.1) is 0 Å². The highest BCUT2D eigenvalue weighted by molar-refractivity contribution is 7.92. The molecule has 0 saturated carbocycles. The first-order chi connectivity index (χ1) is 16.5. The van der Waals surface area contributed by atoms with E-state index in [1.165, 1.54) is 4.31 Å². The number of nitrogens with zero attached hydrogens (tertiary/aromatic N) is 2. The topological polar surface area (TPSA) is 86.8 Å². The first-order valence-corrected chi connectivity index (χ1v) is 14.1. The molecule has 0 aliphatic carbocycles. The number of nitrogens with one attached hydrogen (secondary N) is 1. The SMILES string of the molecule is CC[C@H](C(=O)NCC(C)C)N(Cc1ccccc1Cl)C(=O)CCCN(c1ccccc1)S(C)(=O)=O. The molecule has 35 heavy (non-hydrogen) atoms. The van der Waals surface area contributed by atoms with Crippen LogP contribution in [0.2, 0.25) is 5.02 Å². The summed E-state index contributed by atoms with van der Waals surface area (Å²) in [7, 11) is -3.51. The van der Waals surface area contributed by atoms with Gasteiger partial charge in [-0.1, -0.05) is 68.8 Å². The third-order valence-electron chi connectivity index (χ3n) is 5.57. The van der Waals surface area contributed by atoms with Crippen molar-refractivity contribution in [3.8, 4) is 0 Å². The van der Waals surface area contributed by atoms with Crippen LogP contribution in [-0.2, 0) is 26.2 Å². The molecule has 0 unspecified atom stereocenters. The van der Waals surface area contributed by atoms with Gasteiger partial charge in [-0.3, -0.25) is 13.9 Å². The average molecular weight is 522 g/mol. The Morgan fingerprint density at radius 1 is 1.03 bits per heavy atom. The fraction of sp³-hybridized carbons (Fsp3) is 0.462. The standard InChI is InChI=1S/C26H36ClN3O4S/c1-5-24(26(32)28-18-20(2)3)29(19-21-12-9-10-15-23(21)27)25(31)16-11-17-30(35(4,33)34)22-13-7-6-8-14-22/h6-10,12-15,20,24H,5,11,16-19H2,1-4H3,(H,28,32)/t24-/m1/s1. The quantitative estimate of drug-likeness (QED) is 0.421. The van der Waals surface area contributed by atoms with Crippen LogP contribution in [0.25, 0.3) is 0 Å². The average Bonchev–Trinajstić information content (AvgIpc) is 2.81. The van der Waals surface area contributed by atoms with E-state index in [1.54, 1.807) is 35.2 Å². The Hall–Kier alpha value is -2.58. The second-order valence-electron chi connectivity index (χ2n) is 8.95. The van der Waals surface area contributed by atoms with Gasteiger partial charge in [0.1, 0.15) is 6.04 Å². The Balaban J connectivity index is 2.20. The van der Waals surface area contributed by atoms with Gasteiger partial charge in [-0.2, -0.15) is 0 Å². The molecular weight excluding hydrogens is 486 g/mol. The Morgan fingerprint density at radius 2 is 1.66 bits per heavy atom. The van der Waals surface area contributed by atoms with Gasteiger partial charge in [-0.05, 0) is 42.5 Å². The smallest absolute Gasteiger partial charge is 0.242 e. The third-order valence-corrected chi connectivity index (χ3v) is 7.13. The molecule has 2 rings (SSSR count). The van der Waals surface area contributed by atoms with E-state index < -0.39 is 16.1 Å². The lowest BCUT2D eigenvalue weighted by molar-refractivity contribution is -0.141. The Labute approximate surface area is 214 Å². The molecule has 2 amide bonds. The number of hydrogen-bond acceptors (Lipinski definition) is 4. The lowest BCUT2D eigenvalue weighted by Gasteiger charge is -2.31. The maximum absolute atomic E-state index is 13.4. The monoisotopic (exact) mass is 521 g/mol. The lowest BCUT2D eigenvalue weighted by atomic mass is 10.1. The van der Waals surface area contributed by atoms with Gasteiger partial charge in [-0.25, -0.2) is 8.42 Å². The summed E-state index contributed by atoms with van der Waals surface area (Å²) in [5.41, 5.74) is 1.30. The summed E-state index contributed by atoms with van der Waals surface area (Å²) < 4.78 is 26.0. The molecule has 2 aromatic rings. The molecule has 0 saturated heterocycles. The molecule has 2 aromatic carbocycles. The number of halogens is 1. The largest absolute Gasteiger partial charge is 0.354 e. The van der Waals surface area contributed by atoms with Gasteiger partial charge in [0, 0.05) is 31.1 Å². The minimum atomic E-state index is -3.51. The molecule has 192 valence electrons. The first kappa shape index (κ1) is 28.7. The highest BCUT2D eigenvalue weighted by atomic mass is 35.5. The fourth-order valence-corrected chi connectivity index (χ4v) is 4.91. The van der Waals surface area contributed by atoms with Gasteiger partial charge in [0.2, 0.25) is 21.8 Å². The zero-order valence-electron chi connectivity index (χ0n) is 20.9. The summed E-state index contributed by atoms with van der Waals surface area (Å²) in [6, 6.07) is 15.4. The van der Waals surface area contributed by atoms with Crippen molar-refractivity contribution in [3.05, 3.63) is 65.2 Å². The van der Waals surface area contributed by atoms with E-state index in [9.17, 15) is 18.0 Å². The van der Waals surface area contributed by atoms with Crippen molar-refractivity contribution in [2.24, 2.45) is 5.92 Å². The van der Waals surface area contributed by atoms with E-state index in [-0.39, 0.29) is 37.2 Å². The van der Waals surface area contributed by atoms with Crippen molar-refractivity contribution in [2.75, 3.05) is 23.7 Å². The second-order valence-corrected chi connectivity index (χ2v) is 11.3. The zero-order valence-corrected chi connectivity index (χ0v) is 22.5. The van der Waals surface area contributed by atoms with Crippen LogP contribution in [0.1, 0.15) is 45.6 Å². The second kappa shape index (κ2) is 13.5. The number of rotatable bonds is 13. The molecule has 0 aliphatic heterocycles. The van der Waals surface area contributed by atoms with Crippen LogP contribution >= 0.6 is 11.6 Å². The third kappa shape index (κ3) is 8.85. The van der Waals surface area contributed by atoms with Gasteiger partial charge < -0.3 is 10.2 Å². The van der Waals surface area contributed by atoms with Crippen LogP contribution in [0.15, 0.2) is 54.6 Å². The Kier molecular flexibility index (Phi) is 11.0. The molecule has 9 heteroatoms. The zero-order chi connectivity index (χ0) is 26.0. The normalized spacial score (nSPS) is 12.3. The molecular formula is C26H36ClN3O4S. The lowest BCUT2D eigenvalue weighted by Crippen LogP contribution is -2.49. The van der Waals surface area contributed by atoms with E-state index in [0.29, 0.717) is 30.1 Å². The summed E-state index contributed by atoms with van der Waals surface area (Å²) in [4.78, 5) is 27.9. The van der Waals surface area contributed by atoms with Gasteiger partial charge in [0.15, 0.2) is 0 Å². The number of carbonyl (C=O) groups is 2. The molecule has 0 aliphatic rings. The molecule has 0 heterocycles. The van der Waals surface area contributed by atoms with Gasteiger partial charge >= 0.3 is 0 Å². The van der Waals surface area contributed by atoms with Crippen molar-refractivity contribution >= 4 is 39.1 Å². The van der Waals surface area contributed by atoms with Crippen molar-refractivity contribution in [3.63, 3.8) is 0 Å². The highest BCUT2D eigenvalue weighted by Gasteiger charge is 2.29. The minimum Gasteiger partial charge on any atom is -0.354 e. The maximum atomic E-state index is 13.4. The van der Waals surface area contributed by atoms with Crippen molar-refractivity contribution in [2.45, 2.75) is 52.6 Å². The van der Waals surface area contributed by atoms with E-state index in [4.69, 9.17) is 11.6 Å². The van der Waals surface area contributed by atoms with Crippen LogP contribution in [0, 0.1) is 5.92 Å². The summed E-state index contributed by atoms with van der Waals surface area (Å²) in [5.74, 6) is -0.147. The van der Waals surface area contributed by atoms with Crippen LogP contribution in [0.5, 0.6) is 0 Å². The van der Waals surface area contributed by atoms with E-state index in [2.05, 4.69) is 5.32 Å². The molecule has 7 nitrogen and oxygen atoms in total.